The number of nitrogens with zero attached hydrogens (tertiary/aromatic N) is 3. The van der Waals surface area contributed by atoms with Crippen molar-refractivity contribution >= 4 is 0 Å². The van der Waals surface area contributed by atoms with Gasteiger partial charge in [0.1, 0.15) is 0 Å². The van der Waals surface area contributed by atoms with Crippen molar-refractivity contribution in [2.45, 2.75) is 45.2 Å². The lowest BCUT2D eigenvalue weighted by Crippen LogP contribution is -2.37. The van der Waals surface area contributed by atoms with Crippen molar-refractivity contribution in [2.75, 3.05) is 0 Å². The molecule has 1 aliphatic carbocycles. The summed E-state index contributed by atoms with van der Waals surface area (Å²) in [6.07, 6.45) is 7.27. The van der Waals surface area contributed by atoms with E-state index in [0.29, 0.717) is 6.04 Å². The van der Waals surface area contributed by atoms with Crippen molar-refractivity contribution in [1.82, 2.24) is 20.3 Å². The molecule has 4 heteroatoms. The van der Waals surface area contributed by atoms with Gasteiger partial charge in [0.05, 0.1) is 11.9 Å². The van der Waals surface area contributed by atoms with Gasteiger partial charge in [0.15, 0.2) is 0 Å². The molecule has 0 spiro atoms. The first-order chi connectivity index (χ1) is 7.27. The molecule has 0 radical (unpaired) electrons. The molecule has 0 amide bonds. The van der Waals surface area contributed by atoms with Crippen molar-refractivity contribution in [3.05, 3.63) is 11.9 Å². The zero-order valence-corrected chi connectivity index (χ0v) is 9.61. The molecular formula is C11H20N4. The normalized spacial score (nSPS) is 26.8. The molecule has 2 unspecified atom stereocenters. The smallest absolute Gasteiger partial charge is 0.0738 e. The van der Waals surface area contributed by atoms with Crippen LogP contribution in [0.2, 0.25) is 0 Å². The quantitative estimate of drug-likeness (QED) is 0.818. The van der Waals surface area contributed by atoms with Crippen LogP contribution in [0.25, 0.3) is 0 Å². The number of nitrogens with one attached hydrogen (secondary N) is 1. The highest BCUT2D eigenvalue weighted by Gasteiger charge is 2.20. The van der Waals surface area contributed by atoms with Gasteiger partial charge >= 0.3 is 0 Å². The summed E-state index contributed by atoms with van der Waals surface area (Å²) in [5.41, 5.74) is 1.16. The molecule has 0 bridgehead atoms. The van der Waals surface area contributed by atoms with Crippen LogP contribution in [0.4, 0.5) is 0 Å². The van der Waals surface area contributed by atoms with Crippen LogP contribution in [0.5, 0.6) is 0 Å². The van der Waals surface area contributed by atoms with Gasteiger partial charge in [-0.1, -0.05) is 25.0 Å². The highest BCUT2D eigenvalue weighted by Crippen LogP contribution is 2.23. The molecule has 2 rings (SSSR count). The van der Waals surface area contributed by atoms with Crippen molar-refractivity contribution < 1.29 is 0 Å². The molecular weight excluding hydrogens is 188 g/mol. The fourth-order valence-corrected chi connectivity index (χ4v) is 2.33. The zero-order chi connectivity index (χ0) is 10.7. The molecule has 0 aromatic carbocycles. The Kier molecular flexibility index (Phi) is 3.36. The fraction of sp³-hybridized carbons (Fsp3) is 0.818. The molecule has 0 aliphatic heterocycles. The number of aryl methyl sites for hydroxylation is 1. The SMILES string of the molecule is CC1CCCCC1NCc1cnnn1C. The molecule has 1 fully saturated rings. The van der Waals surface area contributed by atoms with Gasteiger partial charge in [0, 0.05) is 19.6 Å². The monoisotopic (exact) mass is 208 g/mol. The average Bonchev–Trinajstić information content (AvgIpc) is 2.63. The van der Waals surface area contributed by atoms with Gasteiger partial charge in [-0.2, -0.15) is 0 Å². The number of rotatable bonds is 3. The Balaban J connectivity index is 1.84. The summed E-state index contributed by atoms with van der Waals surface area (Å²) in [5, 5.41) is 11.4. The number of hydrogen-bond donors (Lipinski definition) is 1. The maximum atomic E-state index is 3.93. The third-order valence-electron chi connectivity index (χ3n) is 3.47. The van der Waals surface area contributed by atoms with E-state index in [1.54, 1.807) is 0 Å². The summed E-state index contributed by atoms with van der Waals surface area (Å²) in [6, 6.07) is 0.675. The van der Waals surface area contributed by atoms with Crippen LogP contribution in [0.15, 0.2) is 6.20 Å². The molecule has 0 saturated heterocycles. The summed E-state index contributed by atoms with van der Waals surface area (Å²) in [5.74, 6) is 0.805. The predicted octanol–water partition coefficient (Wildman–Crippen LogP) is 1.48. The van der Waals surface area contributed by atoms with Gasteiger partial charge in [0.2, 0.25) is 0 Å². The third-order valence-corrected chi connectivity index (χ3v) is 3.47. The van der Waals surface area contributed by atoms with Crippen LogP contribution in [0.3, 0.4) is 0 Å². The Morgan fingerprint density at radius 1 is 1.47 bits per heavy atom. The molecule has 2 atom stereocenters. The Hall–Kier alpha value is -0.900. The van der Waals surface area contributed by atoms with Crippen LogP contribution in [-0.2, 0) is 13.6 Å². The molecule has 1 heterocycles. The highest BCUT2D eigenvalue weighted by molar-refractivity contribution is 4.93. The maximum absolute atomic E-state index is 3.93. The molecule has 1 aromatic heterocycles. The van der Waals surface area contributed by atoms with Gasteiger partial charge in [-0.05, 0) is 18.8 Å². The molecule has 1 saturated carbocycles. The first kappa shape index (κ1) is 10.6. The predicted molar refractivity (Wildman–Crippen MR) is 59.3 cm³/mol. The fourth-order valence-electron chi connectivity index (χ4n) is 2.33. The Morgan fingerprint density at radius 3 is 2.93 bits per heavy atom. The number of hydrogen-bond acceptors (Lipinski definition) is 3. The van der Waals surface area contributed by atoms with Crippen LogP contribution in [0, 0.1) is 5.92 Å². The van der Waals surface area contributed by atoms with E-state index >= 15 is 0 Å². The lowest BCUT2D eigenvalue weighted by atomic mass is 9.86. The largest absolute Gasteiger partial charge is 0.308 e. The first-order valence-corrected chi connectivity index (χ1v) is 5.84. The van der Waals surface area contributed by atoms with E-state index in [0.717, 1.165) is 18.2 Å². The van der Waals surface area contributed by atoms with Crippen LogP contribution in [0.1, 0.15) is 38.3 Å². The van der Waals surface area contributed by atoms with Crippen LogP contribution < -0.4 is 5.32 Å². The first-order valence-electron chi connectivity index (χ1n) is 5.84. The summed E-state index contributed by atoms with van der Waals surface area (Å²) in [6.45, 7) is 3.23. The number of aromatic nitrogens is 3. The summed E-state index contributed by atoms with van der Waals surface area (Å²) in [4.78, 5) is 0. The topological polar surface area (TPSA) is 42.7 Å². The second-order valence-electron chi connectivity index (χ2n) is 4.60. The van der Waals surface area contributed by atoms with Gasteiger partial charge < -0.3 is 5.32 Å². The maximum Gasteiger partial charge on any atom is 0.0738 e. The summed E-state index contributed by atoms with van der Waals surface area (Å²) in [7, 11) is 1.94. The highest BCUT2D eigenvalue weighted by atomic mass is 15.4. The average molecular weight is 208 g/mol. The van der Waals surface area contributed by atoms with Crippen molar-refractivity contribution in [2.24, 2.45) is 13.0 Å². The van der Waals surface area contributed by atoms with Gasteiger partial charge in [-0.25, -0.2) is 0 Å². The van der Waals surface area contributed by atoms with Crippen LogP contribution >= 0.6 is 0 Å². The standard InChI is InChI=1S/C11H20N4/c1-9-5-3-4-6-11(9)12-7-10-8-13-14-15(10)2/h8-9,11-12H,3-7H2,1-2H3. The lowest BCUT2D eigenvalue weighted by molar-refractivity contribution is 0.277. The second-order valence-corrected chi connectivity index (χ2v) is 4.60. The molecule has 15 heavy (non-hydrogen) atoms. The van der Waals surface area contributed by atoms with E-state index in [1.165, 1.54) is 25.7 Å². The molecule has 1 aromatic rings. The van der Waals surface area contributed by atoms with Gasteiger partial charge in [-0.15, -0.1) is 5.10 Å². The minimum Gasteiger partial charge on any atom is -0.308 e. The van der Waals surface area contributed by atoms with Crippen molar-refractivity contribution in [3.8, 4) is 0 Å². The van der Waals surface area contributed by atoms with E-state index in [-0.39, 0.29) is 0 Å². The Bertz CT molecular complexity index is 307. The molecule has 1 N–H and O–H groups in total. The second kappa shape index (κ2) is 4.75. The molecule has 84 valence electrons. The van der Waals surface area contributed by atoms with E-state index in [4.69, 9.17) is 0 Å². The van der Waals surface area contributed by atoms with Crippen molar-refractivity contribution in [3.63, 3.8) is 0 Å². The van der Waals surface area contributed by atoms with Crippen molar-refractivity contribution in [1.29, 1.82) is 0 Å². The van der Waals surface area contributed by atoms with E-state index in [2.05, 4.69) is 22.6 Å². The zero-order valence-electron chi connectivity index (χ0n) is 9.61. The van der Waals surface area contributed by atoms with Crippen LogP contribution in [-0.4, -0.2) is 21.0 Å². The minimum atomic E-state index is 0.675. The lowest BCUT2D eigenvalue weighted by Gasteiger charge is -2.29. The van der Waals surface area contributed by atoms with E-state index in [9.17, 15) is 0 Å². The van der Waals surface area contributed by atoms with Gasteiger partial charge in [0.25, 0.3) is 0 Å². The minimum absolute atomic E-state index is 0.675. The molecule has 1 aliphatic rings. The molecule has 4 nitrogen and oxygen atoms in total. The Morgan fingerprint density at radius 2 is 2.27 bits per heavy atom. The summed E-state index contributed by atoms with van der Waals surface area (Å²) >= 11 is 0. The van der Waals surface area contributed by atoms with E-state index < -0.39 is 0 Å². The van der Waals surface area contributed by atoms with E-state index in [1.807, 2.05) is 17.9 Å². The summed E-state index contributed by atoms with van der Waals surface area (Å²) < 4.78 is 1.83. The Labute approximate surface area is 91.1 Å². The third kappa shape index (κ3) is 2.56. The van der Waals surface area contributed by atoms with Gasteiger partial charge in [-0.3, -0.25) is 4.68 Å².